The molecule has 0 unspecified atom stereocenters. The number of hydrogen-bond donors (Lipinski definition) is 0. The number of carbonyl (C=O) groups is 2. The highest BCUT2D eigenvalue weighted by atomic mass is 19.4. The van der Waals surface area contributed by atoms with Gasteiger partial charge in [0.05, 0.1) is 25.2 Å². The molecule has 0 aliphatic heterocycles. The van der Waals surface area contributed by atoms with Crippen molar-refractivity contribution in [2.75, 3.05) is 7.11 Å². The zero-order valence-corrected chi connectivity index (χ0v) is 18.7. The van der Waals surface area contributed by atoms with E-state index in [4.69, 9.17) is 9.47 Å². The number of rotatable bonds is 7. The fraction of sp³-hybridized carbons (Fsp3) is 0.333. The minimum Gasteiger partial charge on any atom is -0.497 e. The molecule has 0 N–H and O–H groups in total. The molecule has 176 valence electrons. The van der Waals surface area contributed by atoms with E-state index in [0.717, 1.165) is 12.1 Å². The van der Waals surface area contributed by atoms with E-state index in [1.165, 1.54) is 23.8 Å². The molecule has 33 heavy (non-hydrogen) atoms. The highest BCUT2D eigenvalue weighted by Gasteiger charge is 2.31. The number of benzene rings is 2. The number of ether oxygens (including phenoxy) is 3. The Labute approximate surface area is 188 Å². The zero-order chi connectivity index (χ0) is 24.3. The Morgan fingerprint density at radius 2 is 1.70 bits per heavy atom. The average molecular weight is 463 g/mol. The van der Waals surface area contributed by atoms with Gasteiger partial charge in [-0.25, -0.2) is 0 Å². The van der Waals surface area contributed by atoms with Crippen LogP contribution in [0.25, 0.3) is 10.9 Å². The van der Waals surface area contributed by atoms with E-state index < -0.39 is 24.0 Å². The van der Waals surface area contributed by atoms with Crippen molar-refractivity contribution in [3.8, 4) is 11.5 Å². The van der Waals surface area contributed by atoms with Gasteiger partial charge in [0.2, 0.25) is 0 Å². The number of esters is 1. The number of halogens is 3. The van der Waals surface area contributed by atoms with Crippen molar-refractivity contribution in [3.63, 3.8) is 0 Å². The molecule has 1 atom stereocenters. The van der Waals surface area contributed by atoms with Crippen molar-refractivity contribution in [1.29, 1.82) is 0 Å². The lowest BCUT2D eigenvalue weighted by Gasteiger charge is -2.11. The minimum atomic E-state index is -4.82. The highest BCUT2D eigenvalue weighted by Crippen LogP contribution is 2.31. The van der Waals surface area contributed by atoms with E-state index >= 15 is 0 Å². The molecule has 0 saturated heterocycles. The SMILES string of the molecule is CC[C@H](C)OC(=O)Cc1c(C)n(C(=O)c2ccc(OC(F)(F)F)cc2)c2ccc(OC)cc12. The molecule has 1 heterocycles. The summed E-state index contributed by atoms with van der Waals surface area (Å²) in [4.78, 5) is 25.8. The van der Waals surface area contributed by atoms with Crippen LogP contribution in [0.2, 0.25) is 0 Å². The number of nitrogens with zero attached hydrogens (tertiary/aromatic N) is 1. The summed E-state index contributed by atoms with van der Waals surface area (Å²) in [5.74, 6) is -0.748. The molecule has 3 aromatic rings. The first-order chi connectivity index (χ1) is 15.5. The second-order valence-corrected chi connectivity index (χ2v) is 7.55. The Bertz CT molecular complexity index is 1170. The van der Waals surface area contributed by atoms with Crippen LogP contribution in [-0.4, -0.2) is 36.0 Å². The van der Waals surface area contributed by atoms with Gasteiger partial charge in [-0.2, -0.15) is 0 Å². The lowest BCUT2D eigenvalue weighted by molar-refractivity contribution is -0.274. The number of aromatic nitrogens is 1. The first kappa shape index (κ1) is 24.2. The maximum Gasteiger partial charge on any atom is 0.573 e. The Kier molecular flexibility index (Phi) is 7.00. The summed E-state index contributed by atoms with van der Waals surface area (Å²) >= 11 is 0. The van der Waals surface area contributed by atoms with Crippen LogP contribution in [0.15, 0.2) is 42.5 Å². The van der Waals surface area contributed by atoms with E-state index in [1.54, 1.807) is 32.0 Å². The van der Waals surface area contributed by atoms with Gasteiger partial charge in [-0.05, 0) is 68.3 Å². The summed E-state index contributed by atoms with van der Waals surface area (Å²) in [6.07, 6.45) is -4.43. The maximum absolute atomic E-state index is 13.3. The summed E-state index contributed by atoms with van der Waals surface area (Å²) in [5.41, 5.74) is 1.84. The number of fused-ring (bicyclic) bond motifs is 1. The van der Waals surface area contributed by atoms with E-state index in [0.29, 0.717) is 34.3 Å². The van der Waals surface area contributed by atoms with E-state index in [1.807, 2.05) is 6.92 Å². The van der Waals surface area contributed by atoms with Crippen molar-refractivity contribution in [3.05, 3.63) is 59.3 Å². The van der Waals surface area contributed by atoms with Gasteiger partial charge in [0, 0.05) is 16.6 Å². The molecule has 0 saturated carbocycles. The maximum atomic E-state index is 13.3. The molecule has 1 aromatic heterocycles. The molecule has 0 amide bonds. The lowest BCUT2D eigenvalue weighted by atomic mass is 10.1. The molecule has 0 fully saturated rings. The van der Waals surface area contributed by atoms with E-state index in [9.17, 15) is 22.8 Å². The molecule has 9 heteroatoms. The topological polar surface area (TPSA) is 66.8 Å². The summed E-state index contributed by atoms with van der Waals surface area (Å²) in [6, 6.07) is 9.80. The van der Waals surface area contributed by atoms with E-state index in [-0.39, 0.29) is 18.1 Å². The highest BCUT2D eigenvalue weighted by molar-refractivity contribution is 6.05. The van der Waals surface area contributed by atoms with Gasteiger partial charge in [-0.1, -0.05) is 6.92 Å². The third-order valence-corrected chi connectivity index (χ3v) is 5.31. The van der Waals surface area contributed by atoms with Crippen LogP contribution in [0.3, 0.4) is 0 Å². The van der Waals surface area contributed by atoms with Crippen molar-refractivity contribution >= 4 is 22.8 Å². The molecule has 0 aliphatic carbocycles. The Balaban J connectivity index is 2.02. The molecule has 2 aromatic carbocycles. The fourth-order valence-electron chi connectivity index (χ4n) is 3.50. The monoisotopic (exact) mass is 463 g/mol. The molecule has 0 radical (unpaired) electrons. The van der Waals surface area contributed by atoms with Crippen molar-refractivity contribution in [2.45, 2.75) is 46.1 Å². The number of carbonyl (C=O) groups excluding carboxylic acids is 2. The van der Waals surface area contributed by atoms with Crippen molar-refractivity contribution in [1.82, 2.24) is 4.57 Å². The largest absolute Gasteiger partial charge is 0.573 e. The Morgan fingerprint density at radius 1 is 1.06 bits per heavy atom. The van der Waals surface area contributed by atoms with Gasteiger partial charge >= 0.3 is 12.3 Å². The second kappa shape index (κ2) is 9.56. The summed E-state index contributed by atoms with van der Waals surface area (Å²) < 4.78 is 53.3. The molecule has 6 nitrogen and oxygen atoms in total. The minimum absolute atomic E-state index is 0.0432. The summed E-state index contributed by atoms with van der Waals surface area (Å²) in [7, 11) is 1.51. The summed E-state index contributed by atoms with van der Waals surface area (Å²) in [6.45, 7) is 5.41. The molecule has 0 bridgehead atoms. The van der Waals surface area contributed by atoms with Crippen LogP contribution in [0, 0.1) is 6.92 Å². The number of methoxy groups -OCH3 is 1. The molecule has 0 spiro atoms. The standard InChI is InChI=1S/C24H24F3NO5/c1-5-14(2)32-22(29)13-19-15(3)28(21-11-10-18(31-4)12-20(19)21)23(30)16-6-8-17(9-7-16)33-24(25,26)27/h6-12,14H,5,13H2,1-4H3/t14-/m0/s1. The van der Waals surface area contributed by atoms with Gasteiger partial charge < -0.3 is 14.2 Å². The second-order valence-electron chi connectivity index (χ2n) is 7.55. The first-order valence-corrected chi connectivity index (χ1v) is 10.3. The summed E-state index contributed by atoms with van der Waals surface area (Å²) in [5, 5.41) is 0.651. The zero-order valence-electron chi connectivity index (χ0n) is 18.7. The van der Waals surface area contributed by atoms with E-state index in [2.05, 4.69) is 4.74 Å². The Morgan fingerprint density at radius 3 is 2.27 bits per heavy atom. The molecule has 3 rings (SSSR count). The lowest BCUT2D eigenvalue weighted by Crippen LogP contribution is -2.18. The number of hydrogen-bond acceptors (Lipinski definition) is 5. The first-order valence-electron chi connectivity index (χ1n) is 10.3. The van der Waals surface area contributed by atoms with Crippen LogP contribution < -0.4 is 9.47 Å². The van der Waals surface area contributed by atoms with Crippen LogP contribution in [0.4, 0.5) is 13.2 Å². The third kappa shape index (κ3) is 5.47. The van der Waals surface area contributed by atoms with Crippen LogP contribution in [0.5, 0.6) is 11.5 Å². The smallest absolute Gasteiger partial charge is 0.497 e. The quantitative estimate of drug-likeness (QED) is 0.437. The molecular weight excluding hydrogens is 439 g/mol. The van der Waals surface area contributed by atoms with Crippen LogP contribution in [0.1, 0.15) is 41.9 Å². The molecule has 0 aliphatic rings. The number of alkyl halides is 3. The van der Waals surface area contributed by atoms with Crippen LogP contribution in [-0.2, 0) is 16.0 Å². The molecular formula is C24H24F3NO5. The van der Waals surface area contributed by atoms with Gasteiger partial charge in [-0.3, -0.25) is 14.2 Å². The van der Waals surface area contributed by atoms with Gasteiger partial charge in [0.1, 0.15) is 11.5 Å². The third-order valence-electron chi connectivity index (χ3n) is 5.31. The van der Waals surface area contributed by atoms with Gasteiger partial charge in [0.15, 0.2) is 0 Å². The van der Waals surface area contributed by atoms with Gasteiger partial charge in [0.25, 0.3) is 5.91 Å². The Hall–Kier alpha value is -3.49. The van der Waals surface area contributed by atoms with Crippen molar-refractivity contribution < 1.29 is 37.0 Å². The van der Waals surface area contributed by atoms with Crippen molar-refractivity contribution in [2.24, 2.45) is 0 Å². The normalized spacial score (nSPS) is 12.5. The van der Waals surface area contributed by atoms with Crippen LogP contribution >= 0.6 is 0 Å². The fourth-order valence-corrected chi connectivity index (χ4v) is 3.50. The predicted molar refractivity (Wildman–Crippen MR) is 116 cm³/mol. The average Bonchev–Trinajstić information content (AvgIpc) is 3.03. The predicted octanol–water partition coefficient (Wildman–Crippen LogP) is 5.43. The van der Waals surface area contributed by atoms with Gasteiger partial charge in [-0.15, -0.1) is 13.2 Å².